The van der Waals surface area contributed by atoms with Gasteiger partial charge >= 0.3 is 0 Å². The van der Waals surface area contributed by atoms with Crippen molar-refractivity contribution in [2.24, 2.45) is 5.92 Å². The molecule has 0 radical (unpaired) electrons. The molecule has 1 heterocycles. The fourth-order valence-corrected chi connectivity index (χ4v) is 2.67. The molecule has 1 fully saturated rings. The van der Waals surface area contributed by atoms with E-state index < -0.39 is 10.0 Å². The molecule has 0 saturated carbocycles. The summed E-state index contributed by atoms with van der Waals surface area (Å²) in [6, 6.07) is 0.288. The van der Waals surface area contributed by atoms with Gasteiger partial charge in [-0.2, -0.15) is 0 Å². The third kappa shape index (κ3) is 6.89. The second-order valence-electron chi connectivity index (χ2n) is 5.50. The van der Waals surface area contributed by atoms with Crippen molar-refractivity contribution in [1.82, 2.24) is 14.9 Å². The number of hydrogen-bond donors (Lipinski definition) is 2. The number of amides is 1. The number of likely N-dealkylation sites (tertiary alicyclic amines) is 1. The molecule has 0 aromatic carbocycles. The Morgan fingerprint density at radius 2 is 2.11 bits per heavy atom. The summed E-state index contributed by atoms with van der Waals surface area (Å²) in [5, 5.41) is 3.11. The van der Waals surface area contributed by atoms with Crippen LogP contribution in [0.5, 0.6) is 0 Å². The van der Waals surface area contributed by atoms with Gasteiger partial charge in [-0.1, -0.05) is 13.8 Å². The van der Waals surface area contributed by atoms with Crippen molar-refractivity contribution in [2.45, 2.75) is 32.7 Å². The molecule has 19 heavy (non-hydrogen) atoms. The van der Waals surface area contributed by atoms with Crippen molar-refractivity contribution in [2.75, 3.05) is 32.4 Å². The van der Waals surface area contributed by atoms with E-state index in [1.165, 1.54) is 0 Å². The predicted molar refractivity (Wildman–Crippen MR) is 75.3 cm³/mol. The monoisotopic (exact) mass is 291 g/mol. The van der Waals surface area contributed by atoms with Gasteiger partial charge in [0.1, 0.15) is 0 Å². The Morgan fingerprint density at radius 3 is 2.68 bits per heavy atom. The third-order valence-electron chi connectivity index (χ3n) is 3.17. The molecule has 7 heteroatoms. The van der Waals surface area contributed by atoms with Crippen molar-refractivity contribution in [1.29, 1.82) is 0 Å². The lowest BCUT2D eigenvalue weighted by atomic mass is 9.98. The third-order valence-corrected chi connectivity index (χ3v) is 3.86. The van der Waals surface area contributed by atoms with E-state index in [0.29, 0.717) is 19.6 Å². The van der Waals surface area contributed by atoms with Gasteiger partial charge in [0.25, 0.3) is 0 Å². The molecule has 0 aliphatic carbocycles. The minimum Gasteiger partial charge on any atom is -0.341 e. The van der Waals surface area contributed by atoms with Crippen LogP contribution >= 0.6 is 0 Å². The second-order valence-corrected chi connectivity index (χ2v) is 7.34. The van der Waals surface area contributed by atoms with Gasteiger partial charge in [0.15, 0.2) is 0 Å². The molecule has 0 aromatic rings. The lowest BCUT2D eigenvalue weighted by molar-refractivity contribution is -0.132. The molecule has 0 bridgehead atoms. The fraction of sp³-hybridized carbons (Fsp3) is 0.917. The SMILES string of the molecule is CC(C)NCC(=O)N1CCCC(CNS(C)(=O)=O)C1. The van der Waals surface area contributed by atoms with Crippen LogP contribution in [-0.2, 0) is 14.8 Å². The highest BCUT2D eigenvalue weighted by molar-refractivity contribution is 7.88. The maximum Gasteiger partial charge on any atom is 0.236 e. The standard InChI is InChI=1S/C12H25N3O3S/c1-10(2)13-8-12(16)15-6-4-5-11(9-15)7-14-19(3,17)18/h10-11,13-14H,4-9H2,1-3H3. The van der Waals surface area contributed by atoms with Crippen LogP contribution in [0.4, 0.5) is 0 Å². The molecule has 1 saturated heterocycles. The molecular formula is C12H25N3O3S. The zero-order chi connectivity index (χ0) is 14.5. The Kier molecular flexibility index (Phi) is 6.22. The average Bonchev–Trinajstić information content (AvgIpc) is 2.33. The maximum atomic E-state index is 12.0. The lowest BCUT2D eigenvalue weighted by Gasteiger charge is -2.33. The van der Waals surface area contributed by atoms with E-state index in [1.807, 2.05) is 18.7 Å². The minimum absolute atomic E-state index is 0.0951. The Bertz CT molecular complexity index is 395. The molecule has 1 aliphatic heterocycles. The van der Waals surface area contributed by atoms with Gasteiger partial charge in [-0.25, -0.2) is 13.1 Å². The predicted octanol–water partition coefficient (Wildman–Crippen LogP) is -0.228. The van der Waals surface area contributed by atoms with Gasteiger partial charge in [0.05, 0.1) is 12.8 Å². The van der Waals surface area contributed by atoms with Crippen LogP contribution in [0.1, 0.15) is 26.7 Å². The summed E-state index contributed by atoms with van der Waals surface area (Å²) in [6.45, 7) is 6.18. The molecule has 0 spiro atoms. The van der Waals surface area contributed by atoms with Gasteiger partial charge < -0.3 is 10.2 Å². The highest BCUT2D eigenvalue weighted by atomic mass is 32.2. The summed E-state index contributed by atoms with van der Waals surface area (Å²) in [5.41, 5.74) is 0. The molecule has 1 amide bonds. The molecule has 1 rings (SSSR count). The molecule has 1 atom stereocenters. The summed E-state index contributed by atoms with van der Waals surface area (Å²) < 4.78 is 24.7. The average molecular weight is 291 g/mol. The van der Waals surface area contributed by atoms with Crippen molar-refractivity contribution < 1.29 is 13.2 Å². The Morgan fingerprint density at radius 1 is 1.42 bits per heavy atom. The molecule has 1 aliphatic rings. The number of hydrogen-bond acceptors (Lipinski definition) is 4. The zero-order valence-corrected chi connectivity index (χ0v) is 12.8. The van der Waals surface area contributed by atoms with Crippen LogP contribution in [0.3, 0.4) is 0 Å². The summed E-state index contributed by atoms with van der Waals surface area (Å²) in [5.74, 6) is 0.309. The topological polar surface area (TPSA) is 78.5 Å². The summed E-state index contributed by atoms with van der Waals surface area (Å²) in [7, 11) is -3.15. The van der Waals surface area contributed by atoms with Crippen LogP contribution in [0.25, 0.3) is 0 Å². The number of rotatable bonds is 6. The smallest absolute Gasteiger partial charge is 0.236 e. The molecule has 1 unspecified atom stereocenters. The molecule has 2 N–H and O–H groups in total. The van der Waals surface area contributed by atoms with Crippen molar-refractivity contribution in [3.8, 4) is 0 Å². The highest BCUT2D eigenvalue weighted by Crippen LogP contribution is 2.15. The van der Waals surface area contributed by atoms with Gasteiger partial charge in [-0.15, -0.1) is 0 Å². The van der Waals surface area contributed by atoms with Crippen LogP contribution < -0.4 is 10.0 Å². The fourth-order valence-electron chi connectivity index (χ4n) is 2.13. The van der Waals surface area contributed by atoms with Crippen molar-refractivity contribution >= 4 is 15.9 Å². The number of sulfonamides is 1. The summed E-state index contributed by atoms with van der Waals surface area (Å²) in [4.78, 5) is 13.8. The lowest BCUT2D eigenvalue weighted by Crippen LogP contribution is -2.47. The summed E-state index contributed by atoms with van der Waals surface area (Å²) >= 11 is 0. The normalized spacial score (nSPS) is 20.8. The highest BCUT2D eigenvalue weighted by Gasteiger charge is 2.23. The van der Waals surface area contributed by atoms with Crippen LogP contribution in [0.2, 0.25) is 0 Å². The van der Waals surface area contributed by atoms with Crippen LogP contribution in [0, 0.1) is 5.92 Å². The van der Waals surface area contributed by atoms with Crippen LogP contribution in [-0.4, -0.2) is 57.7 Å². The van der Waals surface area contributed by atoms with Gasteiger partial charge in [-0.3, -0.25) is 4.79 Å². The van der Waals surface area contributed by atoms with Crippen LogP contribution in [0.15, 0.2) is 0 Å². The second kappa shape index (κ2) is 7.21. The quantitative estimate of drug-likeness (QED) is 0.709. The van der Waals surface area contributed by atoms with E-state index in [4.69, 9.17) is 0 Å². The Hall–Kier alpha value is -0.660. The van der Waals surface area contributed by atoms with E-state index in [9.17, 15) is 13.2 Å². The number of carbonyl (C=O) groups is 1. The first kappa shape index (κ1) is 16.4. The molecule has 6 nitrogen and oxygen atoms in total. The molecule has 112 valence electrons. The first-order valence-corrected chi connectivity index (χ1v) is 8.63. The van der Waals surface area contributed by atoms with E-state index in [-0.39, 0.29) is 17.9 Å². The van der Waals surface area contributed by atoms with Gasteiger partial charge in [0.2, 0.25) is 15.9 Å². The number of carbonyl (C=O) groups excluding carboxylic acids is 1. The van der Waals surface area contributed by atoms with Crippen molar-refractivity contribution in [3.05, 3.63) is 0 Å². The zero-order valence-electron chi connectivity index (χ0n) is 12.0. The molecular weight excluding hydrogens is 266 g/mol. The number of piperidine rings is 1. The van der Waals surface area contributed by atoms with E-state index in [0.717, 1.165) is 25.6 Å². The largest absolute Gasteiger partial charge is 0.341 e. The van der Waals surface area contributed by atoms with Gasteiger partial charge in [-0.05, 0) is 18.8 Å². The first-order valence-electron chi connectivity index (χ1n) is 6.73. The van der Waals surface area contributed by atoms with E-state index in [2.05, 4.69) is 10.0 Å². The number of nitrogens with one attached hydrogen (secondary N) is 2. The first-order chi connectivity index (χ1) is 8.78. The maximum absolute atomic E-state index is 12.0. The van der Waals surface area contributed by atoms with Crippen molar-refractivity contribution in [3.63, 3.8) is 0 Å². The van der Waals surface area contributed by atoms with E-state index >= 15 is 0 Å². The Balaban J connectivity index is 2.39. The number of nitrogens with zero attached hydrogens (tertiary/aromatic N) is 1. The minimum atomic E-state index is -3.15. The van der Waals surface area contributed by atoms with Gasteiger partial charge in [0, 0.05) is 25.7 Å². The van der Waals surface area contributed by atoms with E-state index in [1.54, 1.807) is 0 Å². The molecule has 0 aromatic heterocycles. The summed E-state index contributed by atoms with van der Waals surface area (Å²) in [6.07, 6.45) is 3.05. The Labute approximate surface area is 116 Å².